The SMILES string of the molecule is Cc1cc(CBr)ccc1N(C)c1ccc(C#N)cc1. The molecule has 0 fully saturated rings. The minimum Gasteiger partial charge on any atom is -0.344 e. The summed E-state index contributed by atoms with van der Waals surface area (Å²) >= 11 is 3.47. The quantitative estimate of drug-likeness (QED) is 0.778. The van der Waals surface area contributed by atoms with Crippen molar-refractivity contribution in [3.8, 4) is 6.07 Å². The molecule has 0 atom stereocenters. The van der Waals surface area contributed by atoms with E-state index in [1.807, 2.05) is 31.3 Å². The summed E-state index contributed by atoms with van der Waals surface area (Å²) in [5.74, 6) is 0. The lowest BCUT2D eigenvalue weighted by molar-refractivity contribution is 1.18. The highest BCUT2D eigenvalue weighted by atomic mass is 79.9. The zero-order valence-electron chi connectivity index (χ0n) is 11.0. The number of benzene rings is 2. The number of hydrogen-bond acceptors (Lipinski definition) is 2. The maximum Gasteiger partial charge on any atom is 0.0991 e. The first-order valence-electron chi connectivity index (χ1n) is 6.05. The molecular weight excluding hydrogens is 300 g/mol. The molecule has 0 heterocycles. The predicted octanol–water partition coefficient (Wildman–Crippen LogP) is 4.53. The highest BCUT2D eigenvalue weighted by Crippen LogP contribution is 2.28. The predicted molar refractivity (Wildman–Crippen MR) is 83.0 cm³/mol. The summed E-state index contributed by atoms with van der Waals surface area (Å²) in [6.45, 7) is 2.11. The third kappa shape index (κ3) is 2.97. The lowest BCUT2D eigenvalue weighted by Crippen LogP contribution is -2.10. The highest BCUT2D eigenvalue weighted by molar-refractivity contribution is 9.08. The molecule has 0 aliphatic carbocycles. The fourth-order valence-electron chi connectivity index (χ4n) is 2.08. The van der Waals surface area contributed by atoms with Gasteiger partial charge in [-0.05, 0) is 48.4 Å². The van der Waals surface area contributed by atoms with E-state index in [1.165, 1.54) is 16.8 Å². The molecule has 2 aromatic rings. The number of rotatable bonds is 3. The van der Waals surface area contributed by atoms with Crippen LogP contribution in [0.5, 0.6) is 0 Å². The molecule has 0 aliphatic heterocycles. The average Bonchev–Trinajstić information content (AvgIpc) is 2.46. The second-order valence-corrected chi connectivity index (χ2v) is 5.03. The van der Waals surface area contributed by atoms with Crippen molar-refractivity contribution in [2.45, 2.75) is 12.3 Å². The lowest BCUT2D eigenvalue weighted by atomic mass is 10.1. The third-order valence-electron chi connectivity index (χ3n) is 3.16. The van der Waals surface area contributed by atoms with Gasteiger partial charge >= 0.3 is 0 Å². The first kappa shape index (κ1) is 13.6. The van der Waals surface area contributed by atoms with E-state index in [0.717, 1.165) is 11.0 Å². The molecule has 0 saturated heterocycles. The number of aryl methyl sites for hydroxylation is 1. The van der Waals surface area contributed by atoms with Crippen LogP contribution in [0.4, 0.5) is 11.4 Å². The summed E-state index contributed by atoms with van der Waals surface area (Å²) in [5, 5.41) is 9.69. The topological polar surface area (TPSA) is 27.0 Å². The standard InChI is InChI=1S/C16H15BrN2/c1-12-9-14(10-17)5-8-16(12)19(2)15-6-3-13(11-18)4-7-15/h3-9H,10H2,1-2H3. The number of hydrogen-bond donors (Lipinski definition) is 0. The van der Waals surface area contributed by atoms with E-state index in [4.69, 9.17) is 5.26 Å². The Morgan fingerprint density at radius 1 is 1.16 bits per heavy atom. The van der Waals surface area contributed by atoms with E-state index in [-0.39, 0.29) is 0 Å². The van der Waals surface area contributed by atoms with Gasteiger partial charge in [0.1, 0.15) is 0 Å². The van der Waals surface area contributed by atoms with Gasteiger partial charge in [-0.1, -0.05) is 28.1 Å². The van der Waals surface area contributed by atoms with Gasteiger partial charge in [-0.3, -0.25) is 0 Å². The van der Waals surface area contributed by atoms with Crippen molar-refractivity contribution in [2.75, 3.05) is 11.9 Å². The van der Waals surface area contributed by atoms with Gasteiger partial charge in [-0.25, -0.2) is 0 Å². The van der Waals surface area contributed by atoms with E-state index in [2.05, 4.69) is 52.0 Å². The fraction of sp³-hybridized carbons (Fsp3) is 0.188. The van der Waals surface area contributed by atoms with E-state index < -0.39 is 0 Å². The van der Waals surface area contributed by atoms with Crippen LogP contribution in [0.1, 0.15) is 16.7 Å². The van der Waals surface area contributed by atoms with Crippen LogP contribution in [0.25, 0.3) is 0 Å². The largest absolute Gasteiger partial charge is 0.344 e. The summed E-state index contributed by atoms with van der Waals surface area (Å²) in [6.07, 6.45) is 0. The minimum absolute atomic E-state index is 0.684. The highest BCUT2D eigenvalue weighted by Gasteiger charge is 2.07. The molecule has 2 nitrogen and oxygen atoms in total. The molecule has 3 heteroatoms. The smallest absolute Gasteiger partial charge is 0.0991 e. The van der Waals surface area contributed by atoms with Gasteiger partial charge in [0.2, 0.25) is 0 Å². The van der Waals surface area contributed by atoms with E-state index in [9.17, 15) is 0 Å². The minimum atomic E-state index is 0.684. The molecule has 0 N–H and O–H groups in total. The molecule has 0 unspecified atom stereocenters. The monoisotopic (exact) mass is 314 g/mol. The van der Waals surface area contributed by atoms with Crippen LogP contribution in [0.15, 0.2) is 42.5 Å². The van der Waals surface area contributed by atoms with Gasteiger partial charge < -0.3 is 4.90 Å². The Morgan fingerprint density at radius 3 is 2.37 bits per heavy atom. The summed E-state index contributed by atoms with van der Waals surface area (Å²) < 4.78 is 0. The van der Waals surface area contributed by atoms with Crippen LogP contribution in [0, 0.1) is 18.3 Å². The van der Waals surface area contributed by atoms with Gasteiger partial charge in [0, 0.05) is 23.8 Å². The molecule has 19 heavy (non-hydrogen) atoms. The van der Waals surface area contributed by atoms with Crippen LogP contribution in [-0.4, -0.2) is 7.05 Å². The Morgan fingerprint density at radius 2 is 1.84 bits per heavy atom. The summed E-state index contributed by atoms with van der Waals surface area (Å²) in [5.41, 5.74) is 5.45. The Balaban J connectivity index is 2.32. The average molecular weight is 315 g/mol. The van der Waals surface area contributed by atoms with Crippen molar-refractivity contribution < 1.29 is 0 Å². The number of nitrogens with zero attached hydrogens (tertiary/aromatic N) is 2. The Kier molecular flexibility index (Phi) is 4.24. The molecule has 0 amide bonds. The van der Waals surface area contributed by atoms with Gasteiger partial charge in [0.15, 0.2) is 0 Å². The number of alkyl halides is 1. The summed E-state index contributed by atoms with van der Waals surface area (Å²) in [6, 6.07) is 16.2. The maximum absolute atomic E-state index is 8.82. The van der Waals surface area contributed by atoms with Gasteiger partial charge in [0.25, 0.3) is 0 Å². The van der Waals surface area contributed by atoms with Crippen molar-refractivity contribution in [1.29, 1.82) is 5.26 Å². The summed E-state index contributed by atoms with van der Waals surface area (Å²) in [4.78, 5) is 2.13. The van der Waals surface area contributed by atoms with Gasteiger partial charge in [-0.15, -0.1) is 0 Å². The normalized spacial score (nSPS) is 10.0. The molecule has 0 saturated carbocycles. The molecule has 0 aromatic heterocycles. The van der Waals surface area contributed by atoms with Crippen molar-refractivity contribution in [3.63, 3.8) is 0 Å². The molecule has 2 aromatic carbocycles. The van der Waals surface area contributed by atoms with Crippen LogP contribution in [-0.2, 0) is 5.33 Å². The van der Waals surface area contributed by atoms with Gasteiger partial charge in [0.05, 0.1) is 11.6 Å². The molecule has 2 rings (SSSR count). The fourth-order valence-corrected chi connectivity index (χ4v) is 2.42. The third-order valence-corrected chi connectivity index (χ3v) is 3.81. The lowest BCUT2D eigenvalue weighted by Gasteiger charge is -2.22. The molecule has 0 bridgehead atoms. The molecule has 0 spiro atoms. The van der Waals surface area contributed by atoms with Crippen LogP contribution >= 0.6 is 15.9 Å². The van der Waals surface area contributed by atoms with Crippen LogP contribution < -0.4 is 4.90 Å². The maximum atomic E-state index is 8.82. The Hall–Kier alpha value is -1.79. The Labute approximate surface area is 122 Å². The molecular formula is C16H15BrN2. The molecule has 96 valence electrons. The molecule has 0 aliphatic rings. The number of nitriles is 1. The van der Waals surface area contributed by atoms with E-state index in [0.29, 0.717) is 5.56 Å². The number of anilines is 2. The van der Waals surface area contributed by atoms with Crippen LogP contribution in [0.3, 0.4) is 0 Å². The zero-order chi connectivity index (χ0) is 13.8. The second kappa shape index (κ2) is 5.90. The zero-order valence-corrected chi connectivity index (χ0v) is 12.6. The Bertz CT molecular complexity index is 612. The second-order valence-electron chi connectivity index (χ2n) is 4.47. The van der Waals surface area contributed by atoms with E-state index >= 15 is 0 Å². The van der Waals surface area contributed by atoms with Gasteiger partial charge in [-0.2, -0.15) is 5.26 Å². The van der Waals surface area contributed by atoms with Crippen molar-refractivity contribution in [1.82, 2.24) is 0 Å². The molecule has 0 radical (unpaired) electrons. The van der Waals surface area contributed by atoms with Crippen molar-refractivity contribution in [2.24, 2.45) is 0 Å². The number of halogens is 1. The first-order valence-corrected chi connectivity index (χ1v) is 7.17. The van der Waals surface area contributed by atoms with Crippen LogP contribution in [0.2, 0.25) is 0 Å². The summed E-state index contributed by atoms with van der Waals surface area (Å²) in [7, 11) is 2.04. The van der Waals surface area contributed by atoms with Crippen molar-refractivity contribution >= 4 is 27.3 Å². The van der Waals surface area contributed by atoms with E-state index in [1.54, 1.807) is 0 Å². The first-order chi connectivity index (χ1) is 9.15. The van der Waals surface area contributed by atoms with Crippen molar-refractivity contribution in [3.05, 3.63) is 59.2 Å².